The summed E-state index contributed by atoms with van der Waals surface area (Å²) in [5.41, 5.74) is 0. The molecule has 0 atom stereocenters. The minimum atomic E-state index is 0.744. The van der Waals surface area contributed by atoms with Crippen LogP contribution in [0.3, 0.4) is 0 Å². The molecule has 0 aromatic rings. The summed E-state index contributed by atoms with van der Waals surface area (Å²) in [5.74, 6) is 6.06. The van der Waals surface area contributed by atoms with E-state index in [-0.39, 0.29) is 0 Å². The maximum Gasteiger partial charge on any atom is 0.0601 e. The van der Waals surface area contributed by atoms with Crippen molar-refractivity contribution in [3.63, 3.8) is 0 Å². The summed E-state index contributed by atoms with van der Waals surface area (Å²) in [6.07, 6.45) is 3.45. The Bertz CT molecular complexity index is 135. The van der Waals surface area contributed by atoms with Gasteiger partial charge in [-0.1, -0.05) is 5.92 Å². The van der Waals surface area contributed by atoms with Gasteiger partial charge in [0.15, 0.2) is 0 Å². The SMILES string of the molecule is [CH2]CC#CCN1CCCC1. The maximum atomic E-state index is 3.66. The lowest BCUT2D eigenvalue weighted by Gasteiger charge is -2.08. The van der Waals surface area contributed by atoms with Gasteiger partial charge in [0.05, 0.1) is 6.54 Å². The second kappa shape index (κ2) is 4.35. The van der Waals surface area contributed by atoms with Gasteiger partial charge >= 0.3 is 0 Å². The molecule has 0 N–H and O–H groups in total. The Hall–Kier alpha value is -0.480. The Morgan fingerprint density at radius 2 is 1.90 bits per heavy atom. The first-order valence-electron chi connectivity index (χ1n) is 3.91. The van der Waals surface area contributed by atoms with Crippen LogP contribution in [0.25, 0.3) is 0 Å². The van der Waals surface area contributed by atoms with E-state index in [9.17, 15) is 0 Å². The Kier molecular flexibility index (Phi) is 3.32. The third kappa shape index (κ3) is 2.41. The van der Waals surface area contributed by atoms with Gasteiger partial charge in [-0.2, -0.15) is 0 Å². The van der Waals surface area contributed by atoms with Crippen LogP contribution < -0.4 is 0 Å². The summed E-state index contributed by atoms with van der Waals surface area (Å²) >= 11 is 0. The van der Waals surface area contributed by atoms with Crippen molar-refractivity contribution in [2.45, 2.75) is 19.3 Å². The summed E-state index contributed by atoms with van der Waals surface area (Å²) in [7, 11) is 0. The van der Waals surface area contributed by atoms with Crippen molar-refractivity contribution in [2.75, 3.05) is 19.6 Å². The lowest BCUT2D eigenvalue weighted by Crippen LogP contribution is -2.18. The van der Waals surface area contributed by atoms with Gasteiger partial charge in [0.1, 0.15) is 0 Å². The van der Waals surface area contributed by atoms with Crippen LogP contribution in [-0.4, -0.2) is 24.5 Å². The molecule has 1 rings (SSSR count). The molecule has 0 aromatic heterocycles. The molecule has 10 heavy (non-hydrogen) atoms. The highest BCUT2D eigenvalue weighted by molar-refractivity contribution is 5.02. The number of hydrogen-bond acceptors (Lipinski definition) is 1. The molecule has 1 heteroatoms. The van der Waals surface area contributed by atoms with Gasteiger partial charge in [-0.05, 0) is 32.9 Å². The van der Waals surface area contributed by atoms with E-state index in [0.29, 0.717) is 0 Å². The standard InChI is InChI=1S/C9H14N/c1-2-3-4-7-10-8-5-6-9-10/h1-2,5-9H2. The molecule has 1 aliphatic heterocycles. The van der Waals surface area contributed by atoms with Crippen molar-refractivity contribution in [1.82, 2.24) is 4.90 Å². The van der Waals surface area contributed by atoms with Crippen LogP contribution in [0, 0.1) is 18.8 Å². The molecule has 55 valence electrons. The molecule has 0 spiro atoms. The van der Waals surface area contributed by atoms with Gasteiger partial charge < -0.3 is 0 Å². The van der Waals surface area contributed by atoms with E-state index in [1.165, 1.54) is 25.9 Å². The predicted octanol–water partition coefficient (Wildman–Crippen LogP) is 1.31. The number of likely N-dealkylation sites (tertiary alicyclic amines) is 1. The molecule has 0 saturated carbocycles. The zero-order valence-electron chi connectivity index (χ0n) is 6.40. The number of hydrogen-bond donors (Lipinski definition) is 0. The van der Waals surface area contributed by atoms with E-state index < -0.39 is 0 Å². The first-order valence-corrected chi connectivity index (χ1v) is 3.91. The second-order valence-electron chi connectivity index (χ2n) is 2.59. The second-order valence-corrected chi connectivity index (χ2v) is 2.59. The van der Waals surface area contributed by atoms with E-state index >= 15 is 0 Å². The molecule has 1 saturated heterocycles. The van der Waals surface area contributed by atoms with Crippen molar-refractivity contribution in [2.24, 2.45) is 0 Å². The van der Waals surface area contributed by atoms with E-state index in [0.717, 1.165) is 13.0 Å². The first kappa shape index (κ1) is 7.63. The van der Waals surface area contributed by atoms with Crippen LogP contribution in [0.1, 0.15) is 19.3 Å². The molecule has 0 unspecified atom stereocenters. The largest absolute Gasteiger partial charge is 0.292 e. The van der Waals surface area contributed by atoms with Crippen molar-refractivity contribution < 1.29 is 0 Å². The van der Waals surface area contributed by atoms with Crippen LogP contribution >= 0.6 is 0 Å². The van der Waals surface area contributed by atoms with Crippen LogP contribution in [0.2, 0.25) is 0 Å². The van der Waals surface area contributed by atoms with E-state index in [2.05, 4.69) is 23.7 Å². The smallest absolute Gasteiger partial charge is 0.0601 e. The molecule has 1 nitrogen and oxygen atoms in total. The molecule has 0 amide bonds. The Labute approximate surface area is 63.4 Å². The molecular weight excluding hydrogens is 122 g/mol. The summed E-state index contributed by atoms with van der Waals surface area (Å²) < 4.78 is 0. The summed E-state index contributed by atoms with van der Waals surface area (Å²) in [4.78, 5) is 2.39. The zero-order chi connectivity index (χ0) is 7.23. The molecule has 0 aromatic carbocycles. The predicted molar refractivity (Wildman–Crippen MR) is 43.4 cm³/mol. The van der Waals surface area contributed by atoms with Crippen LogP contribution in [0.4, 0.5) is 0 Å². The van der Waals surface area contributed by atoms with Crippen LogP contribution in [0.5, 0.6) is 0 Å². The highest BCUT2D eigenvalue weighted by Crippen LogP contribution is 2.05. The third-order valence-corrected chi connectivity index (χ3v) is 1.75. The summed E-state index contributed by atoms with van der Waals surface area (Å²) in [5, 5.41) is 0. The molecule has 0 bridgehead atoms. The Morgan fingerprint density at radius 1 is 1.20 bits per heavy atom. The molecule has 1 radical (unpaired) electrons. The van der Waals surface area contributed by atoms with E-state index in [1.807, 2.05) is 0 Å². The zero-order valence-corrected chi connectivity index (χ0v) is 6.40. The number of rotatable bonds is 1. The molecule has 1 heterocycles. The molecule has 0 aliphatic carbocycles. The van der Waals surface area contributed by atoms with Gasteiger partial charge in [0, 0.05) is 6.42 Å². The van der Waals surface area contributed by atoms with Gasteiger partial charge in [-0.3, -0.25) is 4.90 Å². The summed E-state index contributed by atoms with van der Waals surface area (Å²) in [6.45, 7) is 7.10. The normalized spacial score (nSPS) is 18.5. The average Bonchev–Trinajstić information content (AvgIpc) is 2.41. The molecule has 1 aliphatic rings. The fourth-order valence-corrected chi connectivity index (χ4v) is 1.20. The van der Waals surface area contributed by atoms with Crippen molar-refractivity contribution in [1.29, 1.82) is 0 Å². The van der Waals surface area contributed by atoms with Crippen LogP contribution in [-0.2, 0) is 0 Å². The number of nitrogens with zero attached hydrogens (tertiary/aromatic N) is 1. The fraction of sp³-hybridized carbons (Fsp3) is 0.667. The maximum absolute atomic E-state index is 3.66. The third-order valence-electron chi connectivity index (χ3n) is 1.75. The molecule has 1 fully saturated rings. The minimum absolute atomic E-state index is 0.744. The fourth-order valence-electron chi connectivity index (χ4n) is 1.20. The highest BCUT2D eigenvalue weighted by Gasteiger charge is 2.08. The van der Waals surface area contributed by atoms with Crippen molar-refractivity contribution in [3.8, 4) is 11.8 Å². The monoisotopic (exact) mass is 136 g/mol. The van der Waals surface area contributed by atoms with Crippen LogP contribution in [0.15, 0.2) is 0 Å². The lowest BCUT2D eigenvalue weighted by molar-refractivity contribution is 0.383. The summed E-state index contributed by atoms with van der Waals surface area (Å²) in [6, 6.07) is 0. The molecular formula is C9H14N. The highest BCUT2D eigenvalue weighted by atomic mass is 15.1. The van der Waals surface area contributed by atoms with Crippen molar-refractivity contribution >= 4 is 0 Å². The lowest BCUT2D eigenvalue weighted by atomic mass is 10.4. The first-order chi connectivity index (χ1) is 4.93. The van der Waals surface area contributed by atoms with Gasteiger partial charge in [-0.15, -0.1) is 5.92 Å². The average molecular weight is 136 g/mol. The van der Waals surface area contributed by atoms with E-state index in [1.54, 1.807) is 0 Å². The van der Waals surface area contributed by atoms with Gasteiger partial charge in [0.2, 0.25) is 0 Å². The van der Waals surface area contributed by atoms with Gasteiger partial charge in [-0.25, -0.2) is 0 Å². The van der Waals surface area contributed by atoms with Gasteiger partial charge in [0.25, 0.3) is 0 Å². The van der Waals surface area contributed by atoms with Crippen molar-refractivity contribution in [3.05, 3.63) is 6.92 Å². The Morgan fingerprint density at radius 3 is 2.50 bits per heavy atom. The van der Waals surface area contributed by atoms with E-state index in [4.69, 9.17) is 0 Å². The topological polar surface area (TPSA) is 3.24 Å². The Balaban J connectivity index is 2.12. The minimum Gasteiger partial charge on any atom is -0.292 e. The quantitative estimate of drug-likeness (QED) is 0.491.